The number of aliphatic hydroxyl groups is 1. The quantitative estimate of drug-likeness (QED) is 0.673. The van der Waals surface area contributed by atoms with E-state index in [0.717, 1.165) is 24.8 Å². The summed E-state index contributed by atoms with van der Waals surface area (Å²) in [5.41, 5.74) is 0. The highest BCUT2D eigenvalue weighted by Crippen LogP contribution is 2.33. The van der Waals surface area contributed by atoms with Crippen molar-refractivity contribution >= 4 is 0 Å². The van der Waals surface area contributed by atoms with Gasteiger partial charge in [0, 0.05) is 19.6 Å². The van der Waals surface area contributed by atoms with Crippen LogP contribution >= 0.6 is 0 Å². The predicted molar refractivity (Wildman–Crippen MR) is 58.2 cm³/mol. The standard InChI is InChI=1S/C12H23NO/c1-10(14)6-7-13(8-11-2-3-11)9-12-4-5-12/h10-12,14H,2-9H2,1H3. The molecule has 2 aliphatic carbocycles. The molecule has 0 aromatic rings. The molecule has 1 atom stereocenters. The highest BCUT2D eigenvalue weighted by Gasteiger charge is 2.28. The van der Waals surface area contributed by atoms with Gasteiger partial charge in [-0.1, -0.05) is 0 Å². The van der Waals surface area contributed by atoms with Crippen molar-refractivity contribution < 1.29 is 5.11 Å². The fraction of sp³-hybridized carbons (Fsp3) is 1.00. The molecule has 0 spiro atoms. The van der Waals surface area contributed by atoms with Crippen molar-refractivity contribution in [3.8, 4) is 0 Å². The van der Waals surface area contributed by atoms with E-state index in [4.69, 9.17) is 0 Å². The maximum atomic E-state index is 9.27. The maximum Gasteiger partial charge on any atom is 0.0524 e. The SMILES string of the molecule is CC(O)CCN(CC1CC1)CC1CC1. The molecule has 2 saturated carbocycles. The normalized spacial score (nSPS) is 24.2. The Morgan fingerprint density at radius 2 is 1.64 bits per heavy atom. The van der Waals surface area contributed by atoms with E-state index in [9.17, 15) is 5.11 Å². The monoisotopic (exact) mass is 197 g/mol. The van der Waals surface area contributed by atoms with Gasteiger partial charge in [-0.05, 0) is 50.9 Å². The zero-order valence-electron chi connectivity index (χ0n) is 9.28. The molecule has 1 N–H and O–H groups in total. The molecule has 2 heteroatoms. The largest absolute Gasteiger partial charge is 0.393 e. The van der Waals surface area contributed by atoms with Gasteiger partial charge in [0.05, 0.1) is 6.10 Å². The molecule has 0 saturated heterocycles. The van der Waals surface area contributed by atoms with Crippen molar-refractivity contribution in [1.82, 2.24) is 4.90 Å². The lowest BCUT2D eigenvalue weighted by molar-refractivity contribution is 0.151. The molecule has 0 aromatic carbocycles. The van der Waals surface area contributed by atoms with E-state index in [-0.39, 0.29) is 6.10 Å². The summed E-state index contributed by atoms with van der Waals surface area (Å²) in [6.07, 6.45) is 6.58. The van der Waals surface area contributed by atoms with Gasteiger partial charge >= 0.3 is 0 Å². The first kappa shape index (κ1) is 10.4. The van der Waals surface area contributed by atoms with Gasteiger partial charge in [0.15, 0.2) is 0 Å². The molecule has 0 bridgehead atoms. The highest BCUT2D eigenvalue weighted by molar-refractivity contribution is 4.82. The minimum atomic E-state index is -0.129. The molecular formula is C12H23NO. The van der Waals surface area contributed by atoms with Crippen molar-refractivity contribution in [2.24, 2.45) is 11.8 Å². The molecule has 14 heavy (non-hydrogen) atoms. The lowest BCUT2D eigenvalue weighted by Crippen LogP contribution is -2.30. The first-order valence-electron chi connectivity index (χ1n) is 6.14. The molecule has 0 heterocycles. The second-order valence-corrected chi connectivity index (χ2v) is 5.28. The molecule has 2 nitrogen and oxygen atoms in total. The third-order valence-electron chi connectivity index (χ3n) is 3.29. The van der Waals surface area contributed by atoms with Gasteiger partial charge < -0.3 is 10.0 Å². The van der Waals surface area contributed by atoms with Crippen molar-refractivity contribution in [1.29, 1.82) is 0 Å². The smallest absolute Gasteiger partial charge is 0.0524 e. The number of hydrogen-bond donors (Lipinski definition) is 1. The number of rotatable bonds is 7. The molecular weight excluding hydrogens is 174 g/mol. The van der Waals surface area contributed by atoms with Crippen LogP contribution in [-0.4, -0.2) is 35.7 Å². The van der Waals surface area contributed by atoms with Crippen LogP contribution in [0.15, 0.2) is 0 Å². The third-order valence-corrected chi connectivity index (χ3v) is 3.29. The topological polar surface area (TPSA) is 23.5 Å². The zero-order valence-corrected chi connectivity index (χ0v) is 9.28. The Morgan fingerprint density at radius 1 is 1.14 bits per heavy atom. The summed E-state index contributed by atoms with van der Waals surface area (Å²) in [6.45, 7) is 5.59. The minimum Gasteiger partial charge on any atom is -0.393 e. The van der Waals surface area contributed by atoms with Crippen LogP contribution in [0.4, 0.5) is 0 Å². The number of hydrogen-bond acceptors (Lipinski definition) is 2. The third kappa shape index (κ3) is 3.97. The molecule has 1 unspecified atom stereocenters. The summed E-state index contributed by atoms with van der Waals surface area (Å²) < 4.78 is 0. The molecule has 2 aliphatic rings. The van der Waals surface area contributed by atoms with Crippen LogP contribution in [-0.2, 0) is 0 Å². The Hall–Kier alpha value is -0.0800. The van der Waals surface area contributed by atoms with Crippen LogP contribution in [0.25, 0.3) is 0 Å². The Kier molecular flexibility index (Phi) is 3.45. The van der Waals surface area contributed by atoms with Gasteiger partial charge in [0.25, 0.3) is 0 Å². The first-order chi connectivity index (χ1) is 6.74. The second-order valence-electron chi connectivity index (χ2n) is 5.28. The van der Waals surface area contributed by atoms with Crippen molar-refractivity contribution in [2.45, 2.75) is 45.1 Å². The number of aliphatic hydroxyl groups excluding tert-OH is 1. The molecule has 0 amide bonds. The summed E-state index contributed by atoms with van der Waals surface area (Å²) in [5.74, 6) is 1.98. The van der Waals surface area contributed by atoms with Gasteiger partial charge in [0.1, 0.15) is 0 Å². The Labute approximate surface area is 87.3 Å². The van der Waals surface area contributed by atoms with E-state index in [2.05, 4.69) is 4.90 Å². The molecule has 82 valence electrons. The van der Waals surface area contributed by atoms with Crippen LogP contribution in [0.3, 0.4) is 0 Å². The summed E-state index contributed by atoms with van der Waals surface area (Å²) in [7, 11) is 0. The van der Waals surface area contributed by atoms with E-state index in [1.54, 1.807) is 0 Å². The molecule has 0 radical (unpaired) electrons. The maximum absolute atomic E-state index is 9.27. The van der Waals surface area contributed by atoms with Gasteiger partial charge in [-0.15, -0.1) is 0 Å². The summed E-state index contributed by atoms with van der Waals surface area (Å²) in [4.78, 5) is 2.59. The highest BCUT2D eigenvalue weighted by atomic mass is 16.3. The van der Waals surface area contributed by atoms with Crippen molar-refractivity contribution in [3.05, 3.63) is 0 Å². The predicted octanol–water partition coefficient (Wildman–Crippen LogP) is 1.88. The molecule has 2 fully saturated rings. The van der Waals surface area contributed by atoms with E-state index in [1.165, 1.54) is 38.8 Å². The van der Waals surface area contributed by atoms with Crippen molar-refractivity contribution in [2.75, 3.05) is 19.6 Å². The zero-order chi connectivity index (χ0) is 9.97. The minimum absolute atomic E-state index is 0.129. The van der Waals surface area contributed by atoms with Gasteiger partial charge in [0.2, 0.25) is 0 Å². The average molecular weight is 197 g/mol. The van der Waals surface area contributed by atoms with E-state index < -0.39 is 0 Å². The van der Waals surface area contributed by atoms with Gasteiger partial charge in [-0.25, -0.2) is 0 Å². The molecule has 2 rings (SSSR count). The molecule has 0 aliphatic heterocycles. The Morgan fingerprint density at radius 3 is 2.00 bits per heavy atom. The fourth-order valence-corrected chi connectivity index (χ4v) is 1.96. The van der Waals surface area contributed by atoms with Gasteiger partial charge in [-0.3, -0.25) is 0 Å². The van der Waals surface area contributed by atoms with Crippen LogP contribution in [0.5, 0.6) is 0 Å². The van der Waals surface area contributed by atoms with Crippen LogP contribution in [0.2, 0.25) is 0 Å². The Balaban J connectivity index is 1.66. The lowest BCUT2D eigenvalue weighted by Gasteiger charge is -2.22. The summed E-state index contributed by atoms with van der Waals surface area (Å²) in [6, 6.07) is 0. The number of nitrogens with zero attached hydrogens (tertiary/aromatic N) is 1. The summed E-state index contributed by atoms with van der Waals surface area (Å²) in [5, 5.41) is 9.27. The van der Waals surface area contributed by atoms with Gasteiger partial charge in [-0.2, -0.15) is 0 Å². The Bertz CT molecular complexity index is 159. The van der Waals surface area contributed by atoms with Crippen molar-refractivity contribution in [3.63, 3.8) is 0 Å². The lowest BCUT2D eigenvalue weighted by atomic mass is 10.2. The van der Waals surface area contributed by atoms with E-state index >= 15 is 0 Å². The van der Waals surface area contributed by atoms with E-state index in [0.29, 0.717) is 0 Å². The fourth-order valence-electron chi connectivity index (χ4n) is 1.96. The first-order valence-corrected chi connectivity index (χ1v) is 6.14. The van der Waals surface area contributed by atoms with Crippen LogP contribution < -0.4 is 0 Å². The van der Waals surface area contributed by atoms with Crippen LogP contribution in [0, 0.1) is 11.8 Å². The second kappa shape index (κ2) is 4.63. The van der Waals surface area contributed by atoms with Crippen LogP contribution in [0.1, 0.15) is 39.0 Å². The summed E-state index contributed by atoms with van der Waals surface area (Å²) >= 11 is 0. The average Bonchev–Trinajstić information content (AvgIpc) is 2.93. The van der Waals surface area contributed by atoms with E-state index in [1.807, 2.05) is 6.92 Å². The molecule has 0 aromatic heterocycles.